The molecule has 0 aliphatic heterocycles. The minimum absolute atomic E-state index is 0.0438. The number of para-hydroxylation sites is 1. The summed E-state index contributed by atoms with van der Waals surface area (Å²) in [5.41, 5.74) is 2.39. The molecule has 6 nitrogen and oxygen atoms in total. The SMILES string of the molecule is CCN(C(=O)Cn1cnc2c(C)cccc2c1=O)C(C)c1cccc(OC)c1. The molecule has 0 aliphatic rings. The van der Waals surface area contributed by atoms with Crippen LogP contribution in [0.5, 0.6) is 5.75 Å². The van der Waals surface area contributed by atoms with Crippen LogP contribution in [-0.4, -0.2) is 34.0 Å². The first kappa shape index (κ1) is 19.6. The van der Waals surface area contributed by atoms with Crippen LogP contribution in [0.4, 0.5) is 0 Å². The van der Waals surface area contributed by atoms with Gasteiger partial charge in [0.15, 0.2) is 0 Å². The molecule has 3 rings (SSSR count). The van der Waals surface area contributed by atoms with Crippen molar-refractivity contribution < 1.29 is 9.53 Å². The van der Waals surface area contributed by atoms with E-state index < -0.39 is 0 Å². The first-order chi connectivity index (χ1) is 13.5. The number of hydrogen-bond acceptors (Lipinski definition) is 4. The molecular formula is C22H25N3O3. The highest BCUT2D eigenvalue weighted by atomic mass is 16.5. The van der Waals surface area contributed by atoms with Gasteiger partial charge >= 0.3 is 0 Å². The molecule has 0 saturated carbocycles. The summed E-state index contributed by atoms with van der Waals surface area (Å²) in [6.07, 6.45) is 1.46. The number of carbonyl (C=O) groups excluding carboxylic acids is 1. The Morgan fingerprint density at radius 2 is 2.00 bits per heavy atom. The number of amides is 1. The number of aromatic nitrogens is 2. The number of methoxy groups -OCH3 is 1. The summed E-state index contributed by atoms with van der Waals surface area (Å²) in [6, 6.07) is 13.0. The molecule has 146 valence electrons. The predicted octanol–water partition coefficient (Wildman–Crippen LogP) is 3.32. The van der Waals surface area contributed by atoms with E-state index in [0.717, 1.165) is 16.9 Å². The Labute approximate surface area is 164 Å². The monoisotopic (exact) mass is 379 g/mol. The van der Waals surface area contributed by atoms with Gasteiger partial charge in [-0.3, -0.25) is 14.2 Å². The number of hydrogen-bond donors (Lipinski definition) is 0. The van der Waals surface area contributed by atoms with Crippen molar-refractivity contribution >= 4 is 16.8 Å². The Balaban J connectivity index is 1.87. The highest BCUT2D eigenvalue weighted by molar-refractivity contribution is 5.81. The first-order valence-electron chi connectivity index (χ1n) is 9.34. The van der Waals surface area contributed by atoms with Crippen molar-refractivity contribution in [3.05, 3.63) is 70.3 Å². The maximum Gasteiger partial charge on any atom is 0.261 e. The van der Waals surface area contributed by atoms with Crippen LogP contribution in [0.3, 0.4) is 0 Å². The van der Waals surface area contributed by atoms with Crippen molar-refractivity contribution in [1.82, 2.24) is 14.5 Å². The molecule has 3 aromatic rings. The molecule has 0 radical (unpaired) electrons. The Morgan fingerprint density at radius 1 is 1.25 bits per heavy atom. The molecule has 1 amide bonds. The summed E-state index contributed by atoms with van der Waals surface area (Å²) in [7, 11) is 1.62. The molecule has 0 spiro atoms. The lowest BCUT2D eigenvalue weighted by atomic mass is 10.1. The third kappa shape index (κ3) is 3.76. The van der Waals surface area contributed by atoms with Gasteiger partial charge in [0.1, 0.15) is 12.3 Å². The average Bonchev–Trinajstić information content (AvgIpc) is 2.71. The number of aryl methyl sites for hydroxylation is 1. The maximum atomic E-state index is 13.0. The van der Waals surface area contributed by atoms with E-state index in [1.165, 1.54) is 10.9 Å². The van der Waals surface area contributed by atoms with Crippen molar-refractivity contribution in [2.24, 2.45) is 0 Å². The lowest BCUT2D eigenvalue weighted by Gasteiger charge is -2.29. The fourth-order valence-corrected chi connectivity index (χ4v) is 3.43. The summed E-state index contributed by atoms with van der Waals surface area (Å²) in [5.74, 6) is 0.617. The molecule has 0 N–H and O–H groups in total. The van der Waals surface area contributed by atoms with Crippen LogP contribution in [0.2, 0.25) is 0 Å². The van der Waals surface area contributed by atoms with Gasteiger partial charge in [-0.15, -0.1) is 0 Å². The van der Waals surface area contributed by atoms with Crippen LogP contribution < -0.4 is 10.3 Å². The van der Waals surface area contributed by atoms with Gasteiger partial charge in [-0.25, -0.2) is 4.98 Å². The van der Waals surface area contributed by atoms with Gasteiger partial charge in [0.25, 0.3) is 5.56 Å². The molecule has 0 bridgehead atoms. The zero-order chi connectivity index (χ0) is 20.3. The smallest absolute Gasteiger partial charge is 0.261 e. The molecule has 1 unspecified atom stereocenters. The highest BCUT2D eigenvalue weighted by Crippen LogP contribution is 2.24. The van der Waals surface area contributed by atoms with Crippen LogP contribution in [0.1, 0.15) is 31.0 Å². The summed E-state index contributed by atoms with van der Waals surface area (Å²) in [5, 5.41) is 0.527. The number of rotatable bonds is 6. The molecule has 0 aliphatic carbocycles. The lowest BCUT2D eigenvalue weighted by Crippen LogP contribution is -2.38. The molecular weight excluding hydrogens is 354 g/mol. The second-order valence-electron chi connectivity index (χ2n) is 6.78. The van der Waals surface area contributed by atoms with Crippen LogP contribution in [0, 0.1) is 6.92 Å². The quantitative estimate of drug-likeness (QED) is 0.659. The van der Waals surface area contributed by atoms with Crippen molar-refractivity contribution in [1.29, 1.82) is 0 Å². The Kier molecular flexibility index (Phi) is 5.78. The Bertz CT molecular complexity index is 1060. The zero-order valence-corrected chi connectivity index (χ0v) is 16.7. The van der Waals surface area contributed by atoms with E-state index in [1.54, 1.807) is 18.1 Å². The van der Waals surface area contributed by atoms with Crippen LogP contribution >= 0.6 is 0 Å². The van der Waals surface area contributed by atoms with E-state index in [-0.39, 0.29) is 24.1 Å². The summed E-state index contributed by atoms with van der Waals surface area (Å²) in [6.45, 7) is 6.31. The Hall–Kier alpha value is -3.15. The van der Waals surface area contributed by atoms with Gasteiger partial charge in [-0.1, -0.05) is 24.3 Å². The van der Waals surface area contributed by atoms with E-state index in [0.29, 0.717) is 17.4 Å². The van der Waals surface area contributed by atoms with E-state index in [2.05, 4.69) is 4.98 Å². The zero-order valence-electron chi connectivity index (χ0n) is 16.7. The molecule has 1 aromatic heterocycles. The molecule has 1 atom stereocenters. The number of fused-ring (bicyclic) bond motifs is 1. The number of carbonyl (C=O) groups is 1. The molecule has 6 heteroatoms. The van der Waals surface area contributed by atoms with Gasteiger partial charge < -0.3 is 9.64 Å². The molecule has 2 aromatic carbocycles. The normalized spacial score (nSPS) is 12.0. The van der Waals surface area contributed by atoms with E-state index in [1.807, 2.05) is 57.2 Å². The third-order valence-corrected chi connectivity index (χ3v) is 5.07. The fourth-order valence-electron chi connectivity index (χ4n) is 3.43. The number of nitrogens with zero attached hydrogens (tertiary/aromatic N) is 3. The van der Waals surface area contributed by atoms with Crippen LogP contribution in [0.15, 0.2) is 53.6 Å². The van der Waals surface area contributed by atoms with Gasteiger partial charge in [-0.05, 0) is 50.1 Å². The summed E-state index contributed by atoms with van der Waals surface area (Å²) >= 11 is 0. The minimum atomic E-state index is -0.202. The first-order valence-corrected chi connectivity index (χ1v) is 9.34. The molecule has 1 heterocycles. The van der Waals surface area contributed by atoms with Crippen molar-refractivity contribution in [2.45, 2.75) is 33.4 Å². The van der Waals surface area contributed by atoms with Gasteiger partial charge in [0.05, 0.1) is 30.4 Å². The van der Waals surface area contributed by atoms with Crippen molar-refractivity contribution in [3.8, 4) is 5.75 Å². The predicted molar refractivity (Wildman–Crippen MR) is 110 cm³/mol. The third-order valence-electron chi connectivity index (χ3n) is 5.07. The van der Waals surface area contributed by atoms with Crippen LogP contribution in [0.25, 0.3) is 10.9 Å². The largest absolute Gasteiger partial charge is 0.497 e. The summed E-state index contributed by atoms with van der Waals surface area (Å²) < 4.78 is 6.66. The van der Waals surface area contributed by atoms with Crippen molar-refractivity contribution in [2.75, 3.05) is 13.7 Å². The van der Waals surface area contributed by atoms with E-state index in [4.69, 9.17) is 4.74 Å². The highest BCUT2D eigenvalue weighted by Gasteiger charge is 2.21. The van der Waals surface area contributed by atoms with E-state index >= 15 is 0 Å². The topological polar surface area (TPSA) is 64.4 Å². The maximum absolute atomic E-state index is 13.0. The molecule has 0 saturated heterocycles. The second-order valence-corrected chi connectivity index (χ2v) is 6.78. The Morgan fingerprint density at radius 3 is 2.71 bits per heavy atom. The number of likely N-dealkylation sites (N-methyl/N-ethyl adjacent to an activating group) is 1. The lowest BCUT2D eigenvalue weighted by molar-refractivity contribution is -0.133. The molecule has 28 heavy (non-hydrogen) atoms. The number of ether oxygens (including phenoxy) is 1. The van der Waals surface area contributed by atoms with Gasteiger partial charge in [0, 0.05) is 6.54 Å². The van der Waals surface area contributed by atoms with E-state index in [9.17, 15) is 9.59 Å². The minimum Gasteiger partial charge on any atom is -0.497 e. The van der Waals surface area contributed by atoms with Crippen LogP contribution in [-0.2, 0) is 11.3 Å². The van der Waals surface area contributed by atoms with Crippen molar-refractivity contribution in [3.63, 3.8) is 0 Å². The number of benzene rings is 2. The second kappa shape index (κ2) is 8.25. The summed E-state index contributed by atoms with van der Waals surface area (Å²) in [4.78, 5) is 31.9. The standard InChI is InChI=1S/C22H25N3O3/c1-5-25(16(3)17-9-7-10-18(12-17)28-4)20(26)13-24-14-23-21-15(2)8-6-11-19(21)22(24)27/h6-12,14,16H,5,13H2,1-4H3. The fraction of sp³-hybridized carbons (Fsp3) is 0.318. The van der Waals surface area contributed by atoms with Gasteiger partial charge in [0.2, 0.25) is 5.91 Å². The average molecular weight is 379 g/mol. The van der Waals surface area contributed by atoms with Gasteiger partial charge in [-0.2, -0.15) is 0 Å². The molecule has 0 fully saturated rings.